The van der Waals surface area contributed by atoms with E-state index < -0.39 is 0 Å². The molecule has 0 fully saturated rings. The quantitative estimate of drug-likeness (QED) is 0.506. The van der Waals surface area contributed by atoms with E-state index in [4.69, 9.17) is 0 Å². The zero-order valence-electron chi connectivity index (χ0n) is 12.8. The SMILES string of the molecule is CCCC(C)C(CCC(C)(C)C)C(C)CC. The van der Waals surface area contributed by atoms with Gasteiger partial charge in [-0.2, -0.15) is 0 Å². The molecular formula is C16H34. The van der Waals surface area contributed by atoms with Crippen molar-refractivity contribution in [3.8, 4) is 0 Å². The van der Waals surface area contributed by atoms with E-state index in [-0.39, 0.29) is 0 Å². The first-order valence-electron chi connectivity index (χ1n) is 7.31. The van der Waals surface area contributed by atoms with Gasteiger partial charge in [0.1, 0.15) is 0 Å². The van der Waals surface area contributed by atoms with Gasteiger partial charge in [0, 0.05) is 0 Å². The molecule has 3 atom stereocenters. The summed E-state index contributed by atoms with van der Waals surface area (Å²) in [7, 11) is 0. The van der Waals surface area contributed by atoms with Crippen LogP contribution in [0.3, 0.4) is 0 Å². The van der Waals surface area contributed by atoms with Gasteiger partial charge in [-0.15, -0.1) is 0 Å². The smallest absolute Gasteiger partial charge is 0.0363 e. The van der Waals surface area contributed by atoms with Crippen molar-refractivity contribution in [1.29, 1.82) is 0 Å². The molecule has 0 aliphatic carbocycles. The van der Waals surface area contributed by atoms with E-state index in [1.807, 2.05) is 0 Å². The second-order valence-electron chi connectivity index (χ2n) is 6.91. The van der Waals surface area contributed by atoms with Gasteiger partial charge in [-0.3, -0.25) is 0 Å². The minimum Gasteiger partial charge on any atom is -0.0654 e. The van der Waals surface area contributed by atoms with Crippen LogP contribution in [0, 0.1) is 23.2 Å². The van der Waals surface area contributed by atoms with Crippen LogP contribution in [-0.4, -0.2) is 0 Å². The minimum atomic E-state index is 0.498. The molecule has 3 unspecified atom stereocenters. The van der Waals surface area contributed by atoms with Gasteiger partial charge in [0.2, 0.25) is 0 Å². The molecule has 0 aromatic rings. The molecule has 0 amide bonds. The molecular weight excluding hydrogens is 192 g/mol. The summed E-state index contributed by atoms with van der Waals surface area (Å²) in [5, 5.41) is 0. The molecule has 0 bridgehead atoms. The van der Waals surface area contributed by atoms with Crippen LogP contribution < -0.4 is 0 Å². The lowest BCUT2D eigenvalue weighted by atomic mass is 9.74. The molecule has 0 N–H and O–H groups in total. The Hall–Kier alpha value is 0. The minimum absolute atomic E-state index is 0.498. The van der Waals surface area contributed by atoms with Gasteiger partial charge in [0.15, 0.2) is 0 Å². The summed E-state index contributed by atoms with van der Waals surface area (Å²) in [5.41, 5.74) is 0.498. The summed E-state index contributed by atoms with van der Waals surface area (Å²) in [4.78, 5) is 0. The van der Waals surface area contributed by atoms with Crippen molar-refractivity contribution >= 4 is 0 Å². The van der Waals surface area contributed by atoms with E-state index in [2.05, 4.69) is 48.5 Å². The predicted octanol–water partition coefficient (Wildman–Crippen LogP) is 5.91. The van der Waals surface area contributed by atoms with Gasteiger partial charge in [-0.05, 0) is 36.0 Å². The van der Waals surface area contributed by atoms with Crippen LogP contribution >= 0.6 is 0 Å². The second kappa shape index (κ2) is 7.35. The van der Waals surface area contributed by atoms with Crippen molar-refractivity contribution in [1.82, 2.24) is 0 Å². The Balaban J connectivity index is 4.31. The molecule has 0 saturated carbocycles. The molecule has 16 heavy (non-hydrogen) atoms. The molecule has 0 spiro atoms. The van der Waals surface area contributed by atoms with Crippen molar-refractivity contribution < 1.29 is 0 Å². The zero-order chi connectivity index (χ0) is 12.8. The maximum absolute atomic E-state index is 2.46. The zero-order valence-corrected chi connectivity index (χ0v) is 12.8. The van der Waals surface area contributed by atoms with E-state index in [0.717, 1.165) is 17.8 Å². The van der Waals surface area contributed by atoms with Crippen molar-refractivity contribution in [3.05, 3.63) is 0 Å². The Morgan fingerprint density at radius 3 is 1.81 bits per heavy atom. The Labute approximate surface area is 104 Å². The maximum Gasteiger partial charge on any atom is -0.0363 e. The van der Waals surface area contributed by atoms with Crippen LogP contribution in [-0.2, 0) is 0 Å². The van der Waals surface area contributed by atoms with E-state index in [1.165, 1.54) is 32.1 Å². The molecule has 98 valence electrons. The van der Waals surface area contributed by atoms with Crippen molar-refractivity contribution in [2.75, 3.05) is 0 Å². The lowest BCUT2D eigenvalue weighted by Crippen LogP contribution is -2.21. The third kappa shape index (κ3) is 6.55. The first kappa shape index (κ1) is 16.0. The summed E-state index contributed by atoms with van der Waals surface area (Å²) < 4.78 is 0. The third-order valence-corrected chi connectivity index (χ3v) is 4.08. The summed E-state index contributed by atoms with van der Waals surface area (Å²) >= 11 is 0. The van der Waals surface area contributed by atoms with Crippen LogP contribution in [0.1, 0.15) is 80.6 Å². The van der Waals surface area contributed by atoms with Gasteiger partial charge in [0.05, 0.1) is 0 Å². The Morgan fingerprint density at radius 1 is 0.875 bits per heavy atom. The van der Waals surface area contributed by atoms with E-state index in [0.29, 0.717) is 5.41 Å². The molecule has 0 heteroatoms. The highest BCUT2D eigenvalue weighted by Crippen LogP contribution is 2.34. The topological polar surface area (TPSA) is 0 Å². The summed E-state index contributed by atoms with van der Waals surface area (Å²) in [6, 6.07) is 0. The van der Waals surface area contributed by atoms with Crippen LogP contribution in [0.5, 0.6) is 0 Å². The van der Waals surface area contributed by atoms with Gasteiger partial charge in [-0.1, -0.05) is 67.7 Å². The number of rotatable bonds is 7. The number of hydrogen-bond acceptors (Lipinski definition) is 0. The highest BCUT2D eigenvalue weighted by atomic mass is 14.3. The number of hydrogen-bond donors (Lipinski definition) is 0. The lowest BCUT2D eigenvalue weighted by molar-refractivity contribution is 0.192. The molecule has 0 rings (SSSR count). The van der Waals surface area contributed by atoms with Gasteiger partial charge < -0.3 is 0 Å². The maximum atomic E-state index is 2.46. The van der Waals surface area contributed by atoms with Gasteiger partial charge in [0.25, 0.3) is 0 Å². The van der Waals surface area contributed by atoms with Crippen molar-refractivity contribution in [3.63, 3.8) is 0 Å². The summed E-state index contributed by atoms with van der Waals surface area (Å²) in [6.07, 6.45) is 6.86. The molecule has 0 aliphatic rings. The predicted molar refractivity (Wildman–Crippen MR) is 75.7 cm³/mol. The molecule has 0 heterocycles. The van der Waals surface area contributed by atoms with Crippen LogP contribution in [0.4, 0.5) is 0 Å². The van der Waals surface area contributed by atoms with Crippen LogP contribution in [0.15, 0.2) is 0 Å². The molecule has 0 aromatic carbocycles. The standard InChI is InChI=1S/C16H34/c1-8-10-14(4)15(13(3)9-2)11-12-16(5,6)7/h13-15H,8-12H2,1-7H3. The first-order chi connectivity index (χ1) is 7.31. The largest absolute Gasteiger partial charge is 0.0654 e. The highest BCUT2D eigenvalue weighted by Gasteiger charge is 2.23. The van der Waals surface area contributed by atoms with Gasteiger partial charge in [-0.25, -0.2) is 0 Å². The van der Waals surface area contributed by atoms with Crippen LogP contribution in [0.2, 0.25) is 0 Å². The molecule has 0 saturated heterocycles. The molecule has 0 nitrogen and oxygen atoms in total. The summed E-state index contributed by atoms with van der Waals surface area (Å²) in [6.45, 7) is 16.7. The third-order valence-electron chi connectivity index (χ3n) is 4.08. The lowest BCUT2D eigenvalue weighted by Gasteiger charge is -2.31. The van der Waals surface area contributed by atoms with E-state index in [9.17, 15) is 0 Å². The molecule has 0 aliphatic heterocycles. The van der Waals surface area contributed by atoms with Crippen molar-refractivity contribution in [2.24, 2.45) is 23.2 Å². The second-order valence-corrected chi connectivity index (χ2v) is 6.91. The summed E-state index contributed by atoms with van der Waals surface area (Å²) in [5.74, 6) is 2.73. The molecule has 0 radical (unpaired) electrons. The average molecular weight is 226 g/mol. The average Bonchev–Trinajstić information content (AvgIpc) is 2.16. The van der Waals surface area contributed by atoms with Crippen LogP contribution in [0.25, 0.3) is 0 Å². The Bertz CT molecular complexity index is 163. The first-order valence-corrected chi connectivity index (χ1v) is 7.31. The molecule has 0 aromatic heterocycles. The Morgan fingerprint density at radius 2 is 1.44 bits per heavy atom. The monoisotopic (exact) mass is 226 g/mol. The van der Waals surface area contributed by atoms with Gasteiger partial charge >= 0.3 is 0 Å². The van der Waals surface area contributed by atoms with Crippen molar-refractivity contribution in [2.45, 2.75) is 80.6 Å². The highest BCUT2D eigenvalue weighted by molar-refractivity contribution is 4.74. The fraction of sp³-hybridized carbons (Fsp3) is 1.00. The van der Waals surface area contributed by atoms with E-state index in [1.54, 1.807) is 0 Å². The normalized spacial score (nSPS) is 18.2. The van der Waals surface area contributed by atoms with E-state index >= 15 is 0 Å². The Kier molecular flexibility index (Phi) is 7.35. The fourth-order valence-corrected chi connectivity index (χ4v) is 2.70. The fourth-order valence-electron chi connectivity index (χ4n) is 2.70.